The molecule has 12 heavy (non-hydrogen) atoms. The van der Waals surface area contributed by atoms with E-state index in [-0.39, 0.29) is 5.92 Å². The molecule has 4 heteroatoms. The summed E-state index contributed by atoms with van der Waals surface area (Å²) >= 11 is 1.95. The van der Waals surface area contributed by atoms with Gasteiger partial charge in [-0.25, -0.2) is 0 Å². The zero-order chi connectivity index (χ0) is 8.55. The van der Waals surface area contributed by atoms with Gasteiger partial charge >= 0.3 is 5.97 Å². The van der Waals surface area contributed by atoms with E-state index in [2.05, 4.69) is 4.90 Å². The smallest absolute Gasteiger partial charge is 0.307 e. The lowest BCUT2D eigenvalue weighted by atomic mass is 10.1. The van der Waals surface area contributed by atoms with Crippen molar-refractivity contribution in [3.05, 3.63) is 0 Å². The van der Waals surface area contributed by atoms with Gasteiger partial charge in [0.1, 0.15) is 0 Å². The fraction of sp³-hybridized carbons (Fsp3) is 0.875. The topological polar surface area (TPSA) is 40.5 Å². The van der Waals surface area contributed by atoms with Gasteiger partial charge in [-0.05, 0) is 13.0 Å². The molecule has 1 N–H and O–H groups in total. The Labute approximate surface area is 76.1 Å². The van der Waals surface area contributed by atoms with Crippen LogP contribution in [-0.4, -0.2) is 46.6 Å². The molecule has 0 saturated carbocycles. The van der Waals surface area contributed by atoms with Crippen LogP contribution in [0.4, 0.5) is 0 Å². The Morgan fingerprint density at radius 2 is 2.25 bits per heavy atom. The molecule has 2 rings (SSSR count). The number of hydrogen-bond donors (Lipinski definition) is 1. The van der Waals surface area contributed by atoms with Gasteiger partial charge in [0.25, 0.3) is 0 Å². The minimum Gasteiger partial charge on any atom is -0.481 e. The Hall–Kier alpha value is -0.220. The van der Waals surface area contributed by atoms with E-state index in [0.717, 1.165) is 19.5 Å². The van der Waals surface area contributed by atoms with Gasteiger partial charge in [-0.2, -0.15) is 11.8 Å². The average molecular weight is 187 g/mol. The molecule has 0 amide bonds. The van der Waals surface area contributed by atoms with Crippen LogP contribution < -0.4 is 0 Å². The standard InChI is InChI=1S/C8H13NO2S/c10-8(11)6-1-2-9(3-6)7-4-12-5-7/h6-7H,1-5H2,(H,10,11). The number of likely N-dealkylation sites (tertiary alicyclic amines) is 1. The quantitative estimate of drug-likeness (QED) is 0.684. The summed E-state index contributed by atoms with van der Waals surface area (Å²) in [7, 11) is 0. The van der Waals surface area contributed by atoms with Crippen LogP contribution in [-0.2, 0) is 4.79 Å². The first-order valence-electron chi connectivity index (χ1n) is 4.32. The van der Waals surface area contributed by atoms with Crippen molar-refractivity contribution in [3.8, 4) is 0 Å². The van der Waals surface area contributed by atoms with E-state index in [1.54, 1.807) is 0 Å². The van der Waals surface area contributed by atoms with E-state index in [4.69, 9.17) is 5.11 Å². The van der Waals surface area contributed by atoms with Crippen LogP contribution in [0.5, 0.6) is 0 Å². The van der Waals surface area contributed by atoms with E-state index in [9.17, 15) is 4.79 Å². The second kappa shape index (κ2) is 3.26. The highest BCUT2D eigenvalue weighted by Crippen LogP contribution is 2.28. The van der Waals surface area contributed by atoms with Gasteiger partial charge in [0.2, 0.25) is 0 Å². The summed E-state index contributed by atoms with van der Waals surface area (Å²) in [5, 5.41) is 8.77. The van der Waals surface area contributed by atoms with Crippen molar-refractivity contribution in [1.29, 1.82) is 0 Å². The monoisotopic (exact) mass is 187 g/mol. The van der Waals surface area contributed by atoms with E-state index in [0.29, 0.717) is 6.04 Å². The van der Waals surface area contributed by atoms with Crippen molar-refractivity contribution in [2.45, 2.75) is 12.5 Å². The van der Waals surface area contributed by atoms with E-state index in [1.807, 2.05) is 11.8 Å². The van der Waals surface area contributed by atoms with Gasteiger partial charge in [-0.1, -0.05) is 0 Å². The first-order valence-corrected chi connectivity index (χ1v) is 5.47. The highest BCUT2D eigenvalue weighted by molar-refractivity contribution is 8.00. The predicted molar refractivity (Wildman–Crippen MR) is 48.4 cm³/mol. The summed E-state index contributed by atoms with van der Waals surface area (Å²) < 4.78 is 0. The number of thioether (sulfide) groups is 1. The first kappa shape index (κ1) is 8.38. The van der Waals surface area contributed by atoms with Crippen LogP contribution >= 0.6 is 11.8 Å². The van der Waals surface area contributed by atoms with Crippen molar-refractivity contribution in [2.24, 2.45) is 5.92 Å². The number of nitrogens with zero attached hydrogens (tertiary/aromatic N) is 1. The van der Waals surface area contributed by atoms with E-state index in [1.165, 1.54) is 11.5 Å². The lowest BCUT2D eigenvalue weighted by Crippen LogP contribution is -2.43. The molecule has 3 nitrogen and oxygen atoms in total. The molecule has 0 aliphatic carbocycles. The predicted octanol–water partition coefficient (Wildman–Crippen LogP) is 0.508. The number of rotatable bonds is 2. The fourth-order valence-electron chi connectivity index (χ4n) is 1.75. The second-order valence-electron chi connectivity index (χ2n) is 3.51. The Morgan fingerprint density at radius 3 is 2.67 bits per heavy atom. The van der Waals surface area contributed by atoms with Gasteiger partial charge < -0.3 is 5.11 Å². The van der Waals surface area contributed by atoms with Crippen LogP contribution in [0.2, 0.25) is 0 Å². The molecular formula is C8H13NO2S. The molecule has 0 bridgehead atoms. The normalized spacial score (nSPS) is 31.8. The summed E-state index contributed by atoms with van der Waals surface area (Å²) in [6, 6.07) is 0.680. The third-order valence-corrected chi connectivity index (χ3v) is 3.95. The van der Waals surface area contributed by atoms with Crippen molar-refractivity contribution < 1.29 is 9.90 Å². The maximum absolute atomic E-state index is 10.6. The van der Waals surface area contributed by atoms with Crippen molar-refractivity contribution in [2.75, 3.05) is 24.6 Å². The van der Waals surface area contributed by atoms with Gasteiger partial charge in [0.05, 0.1) is 5.92 Å². The molecule has 0 aromatic rings. The van der Waals surface area contributed by atoms with Gasteiger partial charge in [0, 0.05) is 24.1 Å². The van der Waals surface area contributed by atoms with Gasteiger partial charge in [0.15, 0.2) is 0 Å². The summed E-state index contributed by atoms with van der Waals surface area (Å²) in [6.45, 7) is 1.77. The van der Waals surface area contributed by atoms with Crippen LogP contribution in [0, 0.1) is 5.92 Å². The Kier molecular flexibility index (Phi) is 2.28. The summed E-state index contributed by atoms with van der Waals surface area (Å²) in [6.07, 6.45) is 0.844. The maximum Gasteiger partial charge on any atom is 0.307 e. The molecule has 1 atom stereocenters. The Bertz CT molecular complexity index is 193. The van der Waals surface area contributed by atoms with E-state index < -0.39 is 5.97 Å². The minimum absolute atomic E-state index is 0.101. The number of aliphatic carboxylic acids is 1. The summed E-state index contributed by atoms with van der Waals surface area (Å²) in [4.78, 5) is 13.0. The number of hydrogen-bond acceptors (Lipinski definition) is 3. The first-order chi connectivity index (χ1) is 5.77. The summed E-state index contributed by atoms with van der Waals surface area (Å²) in [5.74, 6) is 1.68. The molecule has 2 fully saturated rings. The second-order valence-corrected chi connectivity index (χ2v) is 4.58. The number of carboxylic acid groups (broad SMARTS) is 1. The van der Waals surface area contributed by atoms with Crippen LogP contribution in [0.25, 0.3) is 0 Å². The molecule has 68 valence electrons. The highest BCUT2D eigenvalue weighted by Gasteiger charge is 2.34. The van der Waals surface area contributed by atoms with Gasteiger partial charge in [-0.3, -0.25) is 9.69 Å². The third-order valence-electron chi connectivity index (χ3n) is 2.71. The molecule has 1 unspecified atom stereocenters. The molecule has 0 spiro atoms. The fourth-order valence-corrected chi connectivity index (χ4v) is 2.62. The Morgan fingerprint density at radius 1 is 1.50 bits per heavy atom. The van der Waals surface area contributed by atoms with Crippen molar-refractivity contribution >= 4 is 17.7 Å². The average Bonchev–Trinajstić information content (AvgIpc) is 2.32. The zero-order valence-electron chi connectivity index (χ0n) is 6.90. The summed E-state index contributed by atoms with van der Waals surface area (Å²) in [5.41, 5.74) is 0. The Balaban J connectivity index is 1.84. The zero-order valence-corrected chi connectivity index (χ0v) is 7.72. The van der Waals surface area contributed by atoms with Crippen molar-refractivity contribution in [1.82, 2.24) is 4.90 Å². The molecule has 0 aromatic heterocycles. The lowest BCUT2D eigenvalue weighted by molar-refractivity contribution is -0.141. The number of carbonyl (C=O) groups is 1. The van der Waals surface area contributed by atoms with Gasteiger partial charge in [-0.15, -0.1) is 0 Å². The highest BCUT2D eigenvalue weighted by atomic mass is 32.2. The van der Waals surface area contributed by atoms with E-state index >= 15 is 0 Å². The van der Waals surface area contributed by atoms with Crippen LogP contribution in [0.3, 0.4) is 0 Å². The molecule has 2 aliphatic heterocycles. The minimum atomic E-state index is -0.621. The molecular weight excluding hydrogens is 174 g/mol. The van der Waals surface area contributed by atoms with Crippen LogP contribution in [0.15, 0.2) is 0 Å². The molecule has 2 saturated heterocycles. The molecule has 2 aliphatic rings. The molecule has 2 heterocycles. The maximum atomic E-state index is 10.6. The third kappa shape index (κ3) is 1.45. The van der Waals surface area contributed by atoms with Crippen LogP contribution in [0.1, 0.15) is 6.42 Å². The number of carboxylic acids is 1. The molecule has 0 aromatic carbocycles. The largest absolute Gasteiger partial charge is 0.481 e. The molecule has 0 radical (unpaired) electrons. The lowest BCUT2D eigenvalue weighted by Gasteiger charge is -2.33. The SMILES string of the molecule is O=C(O)C1CCN(C2CSC2)C1. The van der Waals surface area contributed by atoms with Crippen molar-refractivity contribution in [3.63, 3.8) is 0 Å².